The molecule has 4 nitrogen and oxygen atoms in total. The van der Waals surface area contributed by atoms with Crippen LogP contribution in [-0.2, 0) is 4.79 Å². The van der Waals surface area contributed by atoms with Crippen LogP contribution in [0.1, 0.15) is 24.9 Å². The Kier molecular flexibility index (Phi) is 3.16. The third-order valence-corrected chi connectivity index (χ3v) is 3.26. The monoisotopic (exact) mass is 284 g/mol. The largest absolute Gasteiger partial charge is 0.482 e. The molecule has 0 bridgehead atoms. The number of rotatable bonds is 2. The molecule has 3 N–H and O–H groups in total. The van der Waals surface area contributed by atoms with Gasteiger partial charge < -0.3 is 15.8 Å². The highest BCUT2D eigenvalue weighted by molar-refractivity contribution is 9.10. The van der Waals surface area contributed by atoms with Crippen LogP contribution in [0.25, 0.3) is 0 Å². The number of benzene rings is 1. The fourth-order valence-corrected chi connectivity index (χ4v) is 2.26. The van der Waals surface area contributed by atoms with Gasteiger partial charge in [0.2, 0.25) is 0 Å². The molecule has 0 aromatic heterocycles. The molecule has 1 aromatic rings. The van der Waals surface area contributed by atoms with Crippen LogP contribution in [0.15, 0.2) is 16.6 Å². The van der Waals surface area contributed by atoms with Gasteiger partial charge in [0.1, 0.15) is 5.75 Å². The first-order valence-corrected chi connectivity index (χ1v) is 5.92. The fourth-order valence-electron chi connectivity index (χ4n) is 1.62. The fraction of sp³-hybridized carbons (Fsp3) is 0.364. The van der Waals surface area contributed by atoms with Gasteiger partial charge in [0.15, 0.2) is 6.61 Å². The zero-order valence-electron chi connectivity index (χ0n) is 8.92. The van der Waals surface area contributed by atoms with Gasteiger partial charge in [0.05, 0.1) is 5.69 Å². The molecular formula is C11H13BrN2O2. The lowest BCUT2D eigenvalue weighted by atomic mass is 10.0. The predicted molar refractivity (Wildman–Crippen MR) is 65.5 cm³/mol. The Morgan fingerprint density at radius 2 is 2.38 bits per heavy atom. The maximum Gasteiger partial charge on any atom is 0.262 e. The number of halogens is 1. The minimum absolute atomic E-state index is 0.0269. The van der Waals surface area contributed by atoms with Crippen LogP contribution < -0.4 is 15.8 Å². The number of anilines is 1. The van der Waals surface area contributed by atoms with Gasteiger partial charge in [-0.3, -0.25) is 4.79 Å². The van der Waals surface area contributed by atoms with Gasteiger partial charge in [-0.25, -0.2) is 0 Å². The normalized spacial score (nSPS) is 16.1. The lowest BCUT2D eigenvalue weighted by molar-refractivity contribution is -0.118. The predicted octanol–water partition coefficient (Wildman–Crippen LogP) is 2.19. The Bertz CT molecular complexity index is 434. The number of fused-ring (bicyclic) bond motifs is 1. The summed E-state index contributed by atoms with van der Waals surface area (Å²) >= 11 is 3.45. The molecule has 0 aliphatic carbocycles. The molecule has 1 heterocycles. The van der Waals surface area contributed by atoms with Crippen LogP contribution in [-0.4, -0.2) is 12.5 Å². The molecule has 0 spiro atoms. The standard InChI is InChI=1S/C11H13BrN2O2/c1-2-8(13)6-3-10-9(4-7(6)12)14-11(15)5-16-10/h3-4,8H,2,5,13H2,1H3,(H,14,15)/t8-/m0/s1. The second kappa shape index (κ2) is 4.43. The zero-order valence-corrected chi connectivity index (χ0v) is 10.5. The molecule has 1 amide bonds. The lowest BCUT2D eigenvalue weighted by Crippen LogP contribution is -2.25. The number of hydrogen-bond donors (Lipinski definition) is 2. The molecule has 1 aliphatic heterocycles. The maximum absolute atomic E-state index is 11.1. The van der Waals surface area contributed by atoms with E-state index in [-0.39, 0.29) is 18.6 Å². The van der Waals surface area contributed by atoms with Crippen LogP contribution >= 0.6 is 15.9 Å². The van der Waals surface area contributed by atoms with Crippen molar-refractivity contribution in [1.82, 2.24) is 0 Å². The molecule has 16 heavy (non-hydrogen) atoms. The van der Waals surface area contributed by atoms with E-state index < -0.39 is 0 Å². The van der Waals surface area contributed by atoms with Gasteiger partial charge in [-0.2, -0.15) is 0 Å². The summed E-state index contributed by atoms with van der Waals surface area (Å²) in [6.45, 7) is 2.09. The van der Waals surface area contributed by atoms with Crippen molar-refractivity contribution < 1.29 is 9.53 Å². The second-order valence-corrected chi connectivity index (χ2v) is 4.58. The van der Waals surface area contributed by atoms with E-state index in [1.54, 1.807) is 0 Å². The Hall–Kier alpha value is -1.07. The molecule has 86 valence electrons. The highest BCUT2D eigenvalue weighted by Crippen LogP contribution is 2.36. The summed E-state index contributed by atoms with van der Waals surface area (Å²) in [4.78, 5) is 11.1. The molecule has 0 radical (unpaired) electrons. The molecule has 1 atom stereocenters. The SMILES string of the molecule is CC[C@H](N)c1cc2c(cc1Br)NC(=O)CO2. The van der Waals surface area contributed by atoms with Gasteiger partial charge in [-0.15, -0.1) is 0 Å². The average Bonchev–Trinajstić information content (AvgIpc) is 2.27. The Balaban J connectivity index is 2.41. The van der Waals surface area contributed by atoms with Crippen molar-refractivity contribution in [2.24, 2.45) is 5.73 Å². The van der Waals surface area contributed by atoms with E-state index in [1.807, 2.05) is 19.1 Å². The smallest absolute Gasteiger partial charge is 0.262 e. The molecular weight excluding hydrogens is 272 g/mol. The summed E-state index contributed by atoms with van der Waals surface area (Å²) < 4.78 is 6.23. The van der Waals surface area contributed by atoms with Gasteiger partial charge in [-0.05, 0) is 24.1 Å². The van der Waals surface area contributed by atoms with Crippen molar-refractivity contribution in [3.05, 3.63) is 22.2 Å². The van der Waals surface area contributed by atoms with Crippen LogP contribution in [0.4, 0.5) is 5.69 Å². The summed E-state index contributed by atoms with van der Waals surface area (Å²) in [5, 5.41) is 2.75. The highest BCUT2D eigenvalue weighted by atomic mass is 79.9. The summed E-state index contributed by atoms with van der Waals surface area (Å²) in [5.74, 6) is 0.550. The van der Waals surface area contributed by atoms with Gasteiger partial charge >= 0.3 is 0 Å². The first kappa shape index (κ1) is 11.4. The zero-order chi connectivity index (χ0) is 11.7. The van der Waals surface area contributed by atoms with Gasteiger partial charge in [0, 0.05) is 10.5 Å². The first-order chi connectivity index (χ1) is 7.61. The molecule has 0 saturated heterocycles. The molecule has 0 unspecified atom stereocenters. The highest BCUT2D eigenvalue weighted by Gasteiger charge is 2.19. The molecule has 1 aliphatic rings. The number of hydrogen-bond acceptors (Lipinski definition) is 3. The number of amides is 1. The van der Waals surface area contributed by atoms with Gasteiger partial charge in [-0.1, -0.05) is 22.9 Å². The number of ether oxygens (including phenoxy) is 1. The number of nitrogens with one attached hydrogen (secondary N) is 1. The van der Waals surface area contributed by atoms with Crippen molar-refractivity contribution >= 4 is 27.5 Å². The first-order valence-electron chi connectivity index (χ1n) is 5.13. The molecule has 2 rings (SSSR count). The van der Waals surface area contributed by atoms with Crippen LogP contribution in [0.5, 0.6) is 5.75 Å². The third-order valence-electron chi connectivity index (χ3n) is 2.57. The summed E-state index contributed by atoms with van der Waals surface area (Å²) in [7, 11) is 0. The van der Waals surface area contributed by atoms with Gasteiger partial charge in [0.25, 0.3) is 5.91 Å². The summed E-state index contributed by atoms with van der Waals surface area (Å²) in [6.07, 6.45) is 0.851. The van der Waals surface area contributed by atoms with E-state index in [9.17, 15) is 4.79 Å². The number of carbonyl (C=O) groups is 1. The van der Waals surface area contributed by atoms with E-state index in [0.717, 1.165) is 16.5 Å². The lowest BCUT2D eigenvalue weighted by Gasteiger charge is -2.21. The molecule has 5 heteroatoms. The molecule has 0 saturated carbocycles. The Morgan fingerprint density at radius 3 is 3.06 bits per heavy atom. The van der Waals surface area contributed by atoms with Crippen LogP contribution in [0.2, 0.25) is 0 Å². The Labute approximate surface area is 102 Å². The van der Waals surface area contributed by atoms with Crippen molar-refractivity contribution in [2.75, 3.05) is 11.9 Å². The van der Waals surface area contributed by atoms with Crippen LogP contribution in [0, 0.1) is 0 Å². The molecule has 1 aromatic carbocycles. The van der Waals surface area contributed by atoms with Crippen molar-refractivity contribution in [3.8, 4) is 5.75 Å². The van der Waals surface area contributed by atoms with E-state index in [4.69, 9.17) is 10.5 Å². The van der Waals surface area contributed by atoms with E-state index in [1.165, 1.54) is 0 Å². The van der Waals surface area contributed by atoms with E-state index >= 15 is 0 Å². The third kappa shape index (κ3) is 2.05. The Morgan fingerprint density at radius 1 is 1.62 bits per heavy atom. The second-order valence-electron chi connectivity index (χ2n) is 3.72. The number of nitrogens with two attached hydrogens (primary N) is 1. The van der Waals surface area contributed by atoms with E-state index in [2.05, 4.69) is 21.2 Å². The van der Waals surface area contributed by atoms with E-state index in [0.29, 0.717) is 11.4 Å². The van der Waals surface area contributed by atoms with Crippen LogP contribution in [0.3, 0.4) is 0 Å². The minimum atomic E-state index is -0.132. The topological polar surface area (TPSA) is 64.3 Å². The minimum Gasteiger partial charge on any atom is -0.482 e. The quantitative estimate of drug-likeness (QED) is 0.875. The average molecular weight is 285 g/mol. The summed E-state index contributed by atoms with van der Waals surface area (Å²) in [6, 6.07) is 3.69. The number of carbonyl (C=O) groups excluding carboxylic acids is 1. The summed E-state index contributed by atoms with van der Waals surface area (Å²) in [5.41, 5.74) is 7.67. The molecule has 0 fully saturated rings. The maximum atomic E-state index is 11.1. The van der Waals surface area contributed by atoms with Crippen molar-refractivity contribution in [1.29, 1.82) is 0 Å². The van der Waals surface area contributed by atoms with Crippen molar-refractivity contribution in [2.45, 2.75) is 19.4 Å². The van der Waals surface area contributed by atoms with Crippen molar-refractivity contribution in [3.63, 3.8) is 0 Å².